The number of rotatable bonds is 1. The zero-order chi connectivity index (χ0) is 9.42. The second-order valence-corrected chi connectivity index (χ2v) is 3.94. The second-order valence-electron chi connectivity index (χ2n) is 3.08. The minimum atomic E-state index is 0.979. The molecule has 13 heavy (non-hydrogen) atoms. The van der Waals surface area contributed by atoms with Crippen molar-refractivity contribution in [1.82, 2.24) is 9.55 Å². The summed E-state index contributed by atoms with van der Waals surface area (Å²) in [5.41, 5.74) is 3.30. The van der Waals surface area contributed by atoms with E-state index >= 15 is 0 Å². The first-order valence-corrected chi connectivity index (χ1v) is 5.13. The van der Waals surface area contributed by atoms with Crippen LogP contribution in [0.4, 0.5) is 0 Å². The van der Waals surface area contributed by atoms with Gasteiger partial charge >= 0.3 is 0 Å². The Bertz CT molecular complexity index is 445. The highest BCUT2D eigenvalue weighted by molar-refractivity contribution is 9.10. The van der Waals surface area contributed by atoms with Crippen LogP contribution in [0.15, 0.2) is 22.8 Å². The van der Waals surface area contributed by atoms with Crippen LogP contribution >= 0.6 is 15.9 Å². The maximum Gasteiger partial charge on any atom is 0.0895 e. The molecule has 2 nitrogen and oxygen atoms in total. The van der Waals surface area contributed by atoms with Gasteiger partial charge in [-0.3, -0.25) is 4.98 Å². The van der Waals surface area contributed by atoms with E-state index < -0.39 is 0 Å². The minimum absolute atomic E-state index is 0.979. The first-order chi connectivity index (χ1) is 6.22. The fraction of sp³-hybridized carbons (Fsp3) is 0.300. The summed E-state index contributed by atoms with van der Waals surface area (Å²) in [7, 11) is 0. The largest absolute Gasteiger partial charge is 0.346 e. The SMILES string of the molecule is CCn1ccc2nc(C)cc(Br)c21. The molecular formula is C10H11BrN2. The summed E-state index contributed by atoms with van der Waals surface area (Å²) in [6, 6.07) is 4.10. The lowest BCUT2D eigenvalue weighted by Crippen LogP contribution is -1.92. The molecule has 0 aliphatic heterocycles. The molecule has 0 atom stereocenters. The molecule has 0 amide bonds. The Labute approximate surface area is 85.7 Å². The summed E-state index contributed by atoms with van der Waals surface area (Å²) in [5, 5.41) is 0. The van der Waals surface area contributed by atoms with E-state index in [-0.39, 0.29) is 0 Å². The molecule has 0 radical (unpaired) electrons. The van der Waals surface area contributed by atoms with Crippen molar-refractivity contribution in [2.24, 2.45) is 0 Å². The first-order valence-electron chi connectivity index (χ1n) is 4.34. The molecule has 0 N–H and O–H groups in total. The van der Waals surface area contributed by atoms with Crippen molar-refractivity contribution >= 4 is 27.0 Å². The van der Waals surface area contributed by atoms with Crippen LogP contribution in [0, 0.1) is 6.92 Å². The second kappa shape index (κ2) is 3.14. The van der Waals surface area contributed by atoms with Gasteiger partial charge in [0.15, 0.2) is 0 Å². The topological polar surface area (TPSA) is 17.8 Å². The van der Waals surface area contributed by atoms with Gasteiger partial charge in [-0.2, -0.15) is 0 Å². The number of halogens is 1. The molecule has 0 aliphatic rings. The van der Waals surface area contributed by atoms with Crippen LogP contribution in [0.5, 0.6) is 0 Å². The van der Waals surface area contributed by atoms with Crippen molar-refractivity contribution in [1.29, 1.82) is 0 Å². The lowest BCUT2D eigenvalue weighted by molar-refractivity contribution is 0.796. The van der Waals surface area contributed by atoms with Crippen LogP contribution < -0.4 is 0 Å². The third kappa shape index (κ3) is 1.37. The number of fused-ring (bicyclic) bond motifs is 1. The zero-order valence-corrected chi connectivity index (χ0v) is 9.30. The smallest absolute Gasteiger partial charge is 0.0895 e. The predicted octanol–water partition coefficient (Wildman–Crippen LogP) is 3.13. The summed E-state index contributed by atoms with van der Waals surface area (Å²) in [6.07, 6.45) is 2.07. The van der Waals surface area contributed by atoms with E-state index in [2.05, 4.69) is 50.7 Å². The van der Waals surface area contributed by atoms with Crippen LogP contribution in [0.2, 0.25) is 0 Å². The summed E-state index contributed by atoms with van der Waals surface area (Å²) >= 11 is 3.56. The van der Waals surface area contributed by atoms with Crippen molar-refractivity contribution in [3.63, 3.8) is 0 Å². The van der Waals surface area contributed by atoms with Crippen LogP contribution in [-0.2, 0) is 6.54 Å². The first kappa shape index (κ1) is 8.75. The minimum Gasteiger partial charge on any atom is -0.346 e. The zero-order valence-electron chi connectivity index (χ0n) is 7.71. The number of nitrogens with zero attached hydrogens (tertiary/aromatic N) is 2. The lowest BCUT2D eigenvalue weighted by Gasteiger charge is -2.03. The Morgan fingerprint density at radius 1 is 1.54 bits per heavy atom. The number of aryl methyl sites for hydroxylation is 2. The molecule has 68 valence electrons. The van der Waals surface area contributed by atoms with Gasteiger partial charge in [-0.1, -0.05) is 0 Å². The summed E-state index contributed by atoms with van der Waals surface area (Å²) < 4.78 is 3.31. The standard InChI is InChI=1S/C10H11BrN2/c1-3-13-5-4-9-10(13)8(11)6-7(2)12-9/h4-6H,3H2,1-2H3. The Kier molecular flexibility index (Phi) is 2.12. The van der Waals surface area contributed by atoms with Crippen molar-refractivity contribution in [2.45, 2.75) is 20.4 Å². The van der Waals surface area contributed by atoms with Crippen LogP contribution in [0.25, 0.3) is 11.0 Å². The number of pyridine rings is 1. The number of aromatic nitrogens is 2. The van der Waals surface area contributed by atoms with E-state index in [9.17, 15) is 0 Å². The van der Waals surface area contributed by atoms with Gasteiger partial charge in [-0.25, -0.2) is 0 Å². The highest BCUT2D eigenvalue weighted by atomic mass is 79.9. The average Bonchev–Trinajstić information content (AvgIpc) is 2.47. The van der Waals surface area contributed by atoms with Crippen LogP contribution in [-0.4, -0.2) is 9.55 Å². The molecular weight excluding hydrogens is 228 g/mol. The van der Waals surface area contributed by atoms with Crippen molar-refractivity contribution < 1.29 is 0 Å². The van der Waals surface area contributed by atoms with Gasteiger partial charge in [0.25, 0.3) is 0 Å². The summed E-state index contributed by atoms with van der Waals surface area (Å²) in [4.78, 5) is 4.45. The molecule has 2 aromatic heterocycles. The lowest BCUT2D eigenvalue weighted by atomic mass is 10.3. The molecule has 0 bridgehead atoms. The Morgan fingerprint density at radius 2 is 2.31 bits per heavy atom. The number of hydrogen-bond donors (Lipinski definition) is 0. The molecule has 0 saturated heterocycles. The molecule has 0 fully saturated rings. The monoisotopic (exact) mass is 238 g/mol. The van der Waals surface area contributed by atoms with Crippen molar-refractivity contribution in [3.05, 3.63) is 28.5 Å². The molecule has 0 aliphatic carbocycles. The van der Waals surface area contributed by atoms with Gasteiger partial charge in [0.2, 0.25) is 0 Å². The van der Waals surface area contributed by atoms with Gasteiger partial charge < -0.3 is 4.57 Å². The third-order valence-electron chi connectivity index (χ3n) is 2.14. The van der Waals surface area contributed by atoms with E-state index in [1.165, 1.54) is 5.52 Å². The Morgan fingerprint density at radius 3 is 3.00 bits per heavy atom. The van der Waals surface area contributed by atoms with E-state index in [1.807, 2.05) is 6.92 Å². The average molecular weight is 239 g/mol. The molecule has 2 aromatic rings. The van der Waals surface area contributed by atoms with Crippen molar-refractivity contribution in [3.8, 4) is 0 Å². The van der Waals surface area contributed by atoms with E-state index in [4.69, 9.17) is 0 Å². The van der Waals surface area contributed by atoms with E-state index in [0.717, 1.165) is 22.2 Å². The van der Waals surface area contributed by atoms with Gasteiger partial charge in [0.1, 0.15) is 0 Å². The van der Waals surface area contributed by atoms with Gasteiger partial charge in [0.05, 0.1) is 11.0 Å². The maximum absolute atomic E-state index is 4.45. The quantitative estimate of drug-likeness (QED) is 0.747. The molecule has 0 saturated carbocycles. The molecule has 0 aromatic carbocycles. The van der Waals surface area contributed by atoms with Gasteiger partial charge in [-0.05, 0) is 41.9 Å². The summed E-state index contributed by atoms with van der Waals surface area (Å²) in [5.74, 6) is 0. The van der Waals surface area contributed by atoms with Gasteiger partial charge in [0, 0.05) is 22.9 Å². The maximum atomic E-state index is 4.45. The fourth-order valence-electron chi connectivity index (χ4n) is 1.55. The summed E-state index contributed by atoms with van der Waals surface area (Å²) in [6.45, 7) is 5.12. The highest BCUT2D eigenvalue weighted by Crippen LogP contribution is 2.24. The Hall–Kier alpha value is -0.830. The molecule has 2 rings (SSSR count). The third-order valence-corrected chi connectivity index (χ3v) is 2.75. The molecule has 0 spiro atoms. The number of hydrogen-bond acceptors (Lipinski definition) is 1. The normalized spacial score (nSPS) is 11.0. The van der Waals surface area contributed by atoms with Crippen LogP contribution in [0.3, 0.4) is 0 Å². The van der Waals surface area contributed by atoms with Crippen molar-refractivity contribution in [2.75, 3.05) is 0 Å². The molecule has 2 heterocycles. The van der Waals surface area contributed by atoms with Crippen LogP contribution in [0.1, 0.15) is 12.6 Å². The van der Waals surface area contributed by atoms with Gasteiger partial charge in [-0.15, -0.1) is 0 Å². The highest BCUT2D eigenvalue weighted by Gasteiger charge is 2.05. The Balaban J connectivity index is 2.82. The van der Waals surface area contributed by atoms with E-state index in [1.54, 1.807) is 0 Å². The fourth-order valence-corrected chi connectivity index (χ4v) is 2.31. The molecule has 0 unspecified atom stereocenters. The predicted molar refractivity (Wildman–Crippen MR) is 57.8 cm³/mol. The molecule has 3 heteroatoms. The van der Waals surface area contributed by atoms with E-state index in [0.29, 0.717) is 0 Å².